The number of carbonyl (C=O) groups is 1. The zero-order valence-electron chi connectivity index (χ0n) is 20.5. The van der Waals surface area contributed by atoms with Gasteiger partial charge < -0.3 is 15.2 Å². The number of fused-ring (bicyclic) bond motifs is 1. The van der Waals surface area contributed by atoms with Gasteiger partial charge in [0.1, 0.15) is 5.75 Å². The van der Waals surface area contributed by atoms with Crippen LogP contribution < -0.4 is 10.1 Å². The van der Waals surface area contributed by atoms with Crippen LogP contribution in [-0.4, -0.2) is 18.2 Å². The fourth-order valence-corrected chi connectivity index (χ4v) is 4.55. The van der Waals surface area contributed by atoms with Crippen LogP contribution in [0.2, 0.25) is 0 Å². The highest BCUT2D eigenvalue weighted by molar-refractivity contribution is 5.99. The maximum Gasteiger partial charge on any atom is 0.335 e. The molecule has 0 aliphatic rings. The molecule has 0 radical (unpaired) electrons. The quantitative estimate of drug-likeness (QED) is 0.265. The lowest BCUT2D eigenvalue weighted by Gasteiger charge is -2.25. The van der Waals surface area contributed by atoms with Crippen molar-refractivity contribution < 1.29 is 14.6 Å². The lowest BCUT2D eigenvalue weighted by molar-refractivity contribution is 0.0696. The summed E-state index contributed by atoms with van der Waals surface area (Å²) >= 11 is 0. The molecule has 5 heteroatoms. The molecule has 4 rings (SSSR count). The Morgan fingerprint density at radius 2 is 1.74 bits per heavy atom. The number of nitrogens with one attached hydrogen (secondary N) is 1. The molecule has 0 bridgehead atoms. The third kappa shape index (κ3) is 5.67. The van der Waals surface area contributed by atoms with Crippen molar-refractivity contribution in [2.24, 2.45) is 0 Å². The number of halogens is 1. The van der Waals surface area contributed by atoms with Crippen molar-refractivity contribution in [3.63, 3.8) is 0 Å². The van der Waals surface area contributed by atoms with E-state index in [0.717, 1.165) is 39.6 Å². The first-order valence-corrected chi connectivity index (χ1v) is 11.7. The Morgan fingerprint density at radius 3 is 2.46 bits per heavy atom. The van der Waals surface area contributed by atoms with Crippen LogP contribution in [0.3, 0.4) is 0 Å². The highest BCUT2D eigenvalue weighted by Crippen LogP contribution is 2.35. The van der Waals surface area contributed by atoms with Gasteiger partial charge in [-0.05, 0) is 89.2 Å². The van der Waals surface area contributed by atoms with Crippen molar-refractivity contribution in [3.8, 4) is 16.9 Å². The van der Waals surface area contributed by atoms with E-state index in [0.29, 0.717) is 5.56 Å². The molecule has 4 nitrogen and oxygen atoms in total. The molecule has 0 saturated carbocycles. The van der Waals surface area contributed by atoms with E-state index in [2.05, 4.69) is 55.6 Å². The fourth-order valence-electron chi connectivity index (χ4n) is 4.55. The molecule has 0 amide bonds. The standard InChI is InChI=1S/C30H31NO3.ClH/c1-5-29(31-20(3)21-10-8-11-25(16-21)34-4)24-15-22-9-6-7-12-26(22)28(18-24)23-14-13-19(2)27(17-23)30(32)33;/h6-18,20,29,31H,5H2,1-4H3,(H,32,33);1H/t20-,29?;/m1./s1. The van der Waals surface area contributed by atoms with E-state index in [1.165, 1.54) is 11.1 Å². The summed E-state index contributed by atoms with van der Waals surface area (Å²) in [5.41, 5.74) is 5.41. The minimum Gasteiger partial charge on any atom is -0.497 e. The van der Waals surface area contributed by atoms with Gasteiger partial charge in [0, 0.05) is 12.1 Å². The number of hydrogen-bond donors (Lipinski definition) is 2. The van der Waals surface area contributed by atoms with Crippen molar-refractivity contribution in [1.82, 2.24) is 5.32 Å². The Morgan fingerprint density at radius 1 is 0.971 bits per heavy atom. The van der Waals surface area contributed by atoms with Crippen molar-refractivity contribution in [1.29, 1.82) is 0 Å². The van der Waals surface area contributed by atoms with Crippen LogP contribution in [0, 0.1) is 6.92 Å². The van der Waals surface area contributed by atoms with E-state index < -0.39 is 5.97 Å². The zero-order valence-corrected chi connectivity index (χ0v) is 21.4. The molecule has 0 aliphatic heterocycles. The van der Waals surface area contributed by atoms with E-state index in [9.17, 15) is 9.90 Å². The topological polar surface area (TPSA) is 58.6 Å². The third-order valence-electron chi connectivity index (χ3n) is 6.52. The number of methoxy groups -OCH3 is 1. The summed E-state index contributed by atoms with van der Waals surface area (Å²) in [4.78, 5) is 11.8. The molecule has 35 heavy (non-hydrogen) atoms. The van der Waals surface area contributed by atoms with Gasteiger partial charge in [-0.3, -0.25) is 0 Å². The molecule has 1 unspecified atom stereocenters. The number of carboxylic acids is 1. The normalized spacial score (nSPS) is 12.6. The maximum absolute atomic E-state index is 11.8. The van der Waals surface area contributed by atoms with E-state index in [1.807, 2.05) is 43.3 Å². The zero-order chi connectivity index (χ0) is 24.2. The summed E-state index contributed by atoms with van der Waals surface area (Å²) < 4.78 is 5.40. The van der Waals surface area contributed by atoms with Gasteiger partial charge >= 0.3 is 5.97 Å². The molecule has 0 aliphatic carbocycles. The van der Waals surface area contributed by atoms with Gasteiger partial charge in [-0.2, -0.15) is 0 Å². The lowest BCUT2D eigenvalue weighted by Crippen LogP contribution is -2.24. The van der Waals surface area contributed by atoms with Crippen molar-refractivity contribution >= 4 is 29.1 Å². The number of aromatic carboxylic acids is 1. The SMILES string of the molecule is CCC(N[C@H](C)c1cccc(OC)c1)c1cc(-c2ccc(C)c(C(=O)O)c2)c2ccccc2c1.Cl. The summed E-state index contributed by atoms with van der Waals surface area (Å²) in [6.45, 7) is 6.18. The second kappa shape index (κ2) is 11.4. The smallest absolute Gasteiger partial charge is 0.335 e. The molecule has 2 N–H and O–H groups in total. The predicted molar refractivity (Wildman–Crippen MR) is 146 cm³/mol. The van der Waals surface area contributed by atoms with Gasteiger partial charge in [-0.1, -0.05) is 55.5 Å². The van der Waals surface area contributed by atoms with Crippen LogP contribution in [0.15, 0.2) is 78.9 Å². The third-order valence-corrected chi connectivity index (χ3v) is 6.52. The highest BCUT2D eigenvalue weighted by atomic mass is 35.5. The second-order valence-corrected chi connectivity index (χ2v) is 8.75. The van der Waals surface area contributed by atoms with E-state index >= 15 is 0 Å². The first-order valence-electron chi connectivity index (χ1n) is 11.7. The van der Waals surface area contributed by atoms with E-state index in [1.54, 1.807) is 13.2 Å². The fraction of sp³-hybridized carbons (Fsp3) is 0.233. The maximum atomic E-state index is 11.8. The number of hydrogen-bond acceptors (Lipinski definition) is 3. The summed E-state index contributed by atoms with van der Waals surface area (Å²) in [6.07, 6.45) is 0.917. The van der Waals surface area contributed by atoms with Crippen LogP contribution >= 0.6 is 12.4 Å². The van der Waals surface area contributed by atoms with Gasteiger partial charge in [0.2, 0.25) is 0 Å². The van der Waals surface area contributed by atoms with Gasteiger partial charge in [0.25, 0.3) is 0 Å². The first-order chi connectivity index (χ1) is 16.4. The molecule has 0 fully saturated rings. The Bertz CT molecular complexity index is 1330. The molecule has 4 aromatic rings. The van der Waals surface area contributed by atoms with Crippen molar-refractivity contribution in [2.75, 3.05) is 7.11 Å². The molecule has 4 aromatic carbocycles. The van der Waals surface area contributed by atoms with Crippen molar-refractivity contribution in [3.05, 3.63) is 101 Å². The highest BCUT2D eigenvalue weighted by Gasteiger charge is 2.18. The molecular formula is C30H32ClNO3. The first kappa shape index (κ1) is 26.3. The van der Waals surface area contributed by atoms with Crippen LogP contribution in [0.1, 0.15) is 59.4 Å². The minimum absolute atomic E-state index is 0. The second-order valence-electron chi connectivity index (χ2n) is 8.75. The summed E-state index contributed by atoms with van der Waals surface area (Å²) in [6, 6.07) is 26.8. The summed E-state index contributed by atoms with van der Waals surface area (Å²) in [5.74, 6) is -0.0548. The van der Waals surface area contributed by atoms with E-state index in [-0.39, 0.29) is 24.5 Å². The number of aryl methyl sites for hydroxylation is 1. The number of carboxylic acid groups (broad SMARTS) is 1. The Labute approximate surface area is 213 Å². The van der Waals surface area contributed by atoms with Gasteiger partial charge in [0.15, 0.2) is 0 Å². The van der Waals surface area contributed by atoms with Crippen molar-refractivity contribution in [2.45, 2.75) is 39.3 Å². The van der Waals surface area contributed by atoms with Gasteiger partial charge in [0.05, 0.1) is 12.7 Å². The molecular weight excluding hydrogens is 458 g/mol. The number of ether oxygens (including phenoxy) is 1. The average molecular weight is 490 g/mol. The molecule has 2 atom stereocenters. The number of rotatable bonds is 8. The predicted octanol–water partition coefficient (Wildman–Crippen LogP) is 7.75. The molecule has 0 heterocycles. The largest absolute Gasteiger partial charge is 0.497 e. The van der Waals surface area contributed by atoms with Crippen LogP contribution in [-0.2, 0) is 0 Å². The molecule has 0 saturated heterocycles. The van der Waals surface area contributed by atoms with Crippen LogP contribution in [0.25, 0.3) is 21.9 Å². The summed E-state index contributed by atoms with van der Waals surface area (Å²) in [5, 5.41) is 15.7. The monoisotopic (exact) mass is 489 g/mol. The molecule has 0 aromatic heterocycles. The average Bonchev–Trinajstić information content (AvgIpc) is 2.86. The van der Waals surface area contributed by atoms with Gasteiger partial charge in [-0.25, -0.2) is 4.79 Å². The molecule has 182 valence electrons. The van der Waals surface area contributed by atoms with Crippen LogP contribution in [0.4, 0.5) is 0 Å². The van der Waals surface area contributed by atoms with Crippen LogP contribution in [0.5, 0.6) is 5.75 Å². The Hall–Kier alpha value is -3.34. The van der Waals surface area contributed by atoms with E-state index in [4.69, 9.17) is 4.74 Å². The molecule has 0 spiro atoms. The Kier molecular flexibility index (Phi) is 8.55. The summed E-state index contributed by atoms with van der Waals surface area (Å²) in [7, 11) is 1.68. The minimum atomic E-state index is -0.903. The number of benzene rings is 4. The van der Waals surface area contributed by atoms with Gasteiger partial charge in [-0.15, -0.1) is 12.4 Å². The lowest BCUT2D eigenvalue weighted by atomic mass is 9.90. The Balaban J connectivity index is 0.00000342.